The van der Waals surface area contributed by atoms with E-state index in [0.717, 1.165) is 37.0 Å². The predicted octanol–water partition coefficient (Wildman–Crippen LogP) is 3.09. The Balaban J connectivity index is 1.61. The molecule has 9 heteroatoms. The van der Waals surface area contributed by atoms with Gasteiger partial charge in [0.15, 0.2) is 0 Å². The van der Waals surface area contributed by atoms with Crippen molar-refractivity contribution in [2.45, 2.75) is 57.4 Å². The zero-order valence-corrected chi connectivity index (χ0v) is 17.1. The number of carbonyl (C=O) groups is 4. The van der Waals surface area contributed by atoms with Gasteiger partial charge in [0.25, 0.3) is 11.8 Å². The number of rotatable bonds is 8. The first-order valence-electron chi connectivity index (χ1n) is 10.4. The zero-order valence-electron chi connectivity index (χ0n) is 17.1. The van der Waals surface area contributed by atoms with Crippen molar-refractivity contribution in [2.24, 2.45) is 5.11 Å². The van der Waals surface area contributed by atoms with Gasteiger partial charge in [0, 0.05) is 29.9 Å². The lowest BCUT2D eigenvalue weighted by atomic mass is 10.0. The van der Waals surface area contributed by atoms with Crippen LogP contribution in [-0.2, 0) is 9.59 Å². The second-order valence-corrected chi connectivity index (χ2v) is 7.45. The second-order valence-electron chi connectivity index (χ2n) is 7.45. The van der Waals surface area contributed by atoms with Crippen molar-refractivity contribution in [1.82, 2.24) is 10.2 Å². The first-order valence-corrected chi connectivity index (χ1v) is 10.4. The van der Waals surface area contributed by atoms with Gasteiger partial charge in [-0.05, 0) is 36.9 Å². The third-order valence-electron chi connectivity index (χ3n) is 5.31. The molecule has 0 bridgehead atoms. The number of imide groups is 2. The van der Waals surface area contributed by atoms with Crippen LogP contribution in [0.1, 0.15) is 77.6 Å². The zero-order chi connectivity index (χ0) is 22.2. The number of carbonyl (C=O) groups excluding carboxylic acids is 4. The molecule has 1 N–H and O–H groups in total. The second kappa shape index (κ2) is 10.4. The van der Waals surface area contributed by atoms with Crippen LogP contribution < -0.4 is 5.32 Å². The summed E-state index contributed by atoms with van der Waals surface area (Å²) in [4.78, 5) is 53.0. The number of hydrogen-bond donors (Lipinski definition) is 1. The number of piperidine rings is 1. The van der Waals surface area contributed by atoms with Crippen LogP contribution in [-0.4, -0.2) is 41.1 Å². The Morgan fingerprint density at radius 1 is 1.10 bits per heavy atom. The molecule has 2 aliphatic heterocycles. The molecule has 9 nitrogen and oxygen atoms in total. The molecule has 4 amide bonds. The van der Waals surface area contributed by atoms with E-state index in [-0.39, 0.29) is 24.0 Å². The maximum Gasteiger partial charge on any atom is 0.263 e. The van der Waals surface area contributed by atoms with Gasteiger partial charge in [0.1, 0.15) is 6.04 Å². The fraction of sp³-hybridized carbons (Fsp3) is 0.455. The molecule has 0 radical (unpaired) electrons. The highest BCUT2D eigenvalue weighted by atomic mass is 16.2. The highest BCUT2D eigenvalue weighted by Crippen LogP contribution is 2.29. The molecule has 0 aromatic heterocycles. The number of nitrogens with zero attached hydrogens (tertiary/aromatic N) is 4. The summed E-state index contributed by atoms with van der Waals surface area (Å²) in [7, 11) is 0. The minimum absolute atomic E-state index is 0.0853. The summed E-state index contributed by atoms with van der Waals surface area (Å²) >= 11 is 0. The summed E-state index contributed by atoms with van der Waals surface area (Å²) in [6.45, 7) is 0.526. The van der Waals surface area contributed by atoms with Crippen molar-refractivity contribution >= 4 is 23.6 Å². The van der Waals surface area contributed by atoms with Gasteiger partial charge < -0.3 is 0 Å². The molecule has 2 heterocycles. The van der Waals surface area contributed by atoms with Crippen LogP contribution in [0.3, 0.4) is 0 Å². The molecule has 1 unspecified atom stereocenters. The lowest BCUT2D eigenvalue weighted by Crippen LogP contribution is -2.54. The molecular formula is C22H23N5O4. The third-order valence-corrected chi connectivity index (χ3v) is 5.31. The van der Waals surface area contributed by atoms with E-state index >= 15 is 0 Å². The number of nitrogens with one attached hydrogen (secondary N) is 1. The topological polar surface area (TPSA) is 132 Å². The first-order chi connectivity index (χ1) is 15.0. The van der Waals surface area contributed by atoms with Crippen LogP contribution in [0, 0.1) is 11.8 Å². The SMILES string of the molecule is [N-]=[N+]=NCCCCCCCC#Cc1cccc2c1C(=O)N(C1CCC(=O)NC1=O)C2=O. The van der Waals surface area contributed by atoms with Crippen LogP contribution >= 0.6 is 0 Å². The Kier molecular flexibility index (Phi) is 7.41. The van der Waals surface area contributed by atoms with Crippen molar-refractivity contribution in [2.75, 3.05) is 6.54 Å². The Bertz CT molecular complexity index is 1020. The minimum atomic E-state index is -0.982. The smallest absolute Gasteiger partial charge is 0.263 e. The summed E-state index contributed by atoms with van der Waals surface area (Å²) in [5.41, 5.74) is 9.16. The van der Waals surface area contributed by atoms with E-state index in [1.54, 1.807) is 18.2 Å². The first kappa shape index (κ1) is 22.1. The van der Waals surface area contributed by atoms with E-state index < -0.39 is 29.7 Å². The van der Waals surface area contributed by atoms with E-state index in [4.69, 9.17) is 5.53 Å². The predicted molar refractivity (Wildman–Crippen MR) is 112 cm³/mol. The van der Waals surface area contributed by atoms with Gasteiger partial charge in [-0.3, -0.25) is 29.4 Å². The average molecular weight is 421 g/mol. The average Bonchev–Trinajstić information content (AvgIpc) is 3.01. The molecule has 0 aliphatic carbocycles. The molecule has 1 aromatic rings. The third kappa shape index (κ3) is 5.11. The summed E-state index contributed by atoms with van der Waals surface area (Å²) < 4.78 is 0. The number of hydrogen-bond acceptors (Lipinski definition) is 5. The maximum atomic E-state index is 13.0. The number of benzene rings is 1. The Morgan fingerprint density at radius 3 is 2.65 bits per heavy atom. The Morgan fingerprint density at radius 2 is 1.87 bits per heavy atom. The normalized spacial score (nSPS) is 17.5. The monoisotopic (exact) mass is 421 g/mol. The molecule has 2 aliphatic rings. The summed E-state index contributed by atoms with van der Waals surface area (Å²) in [5.74, 6) is 3.96. The molecule has 160 valence electrons. The van der Waals surface area contributed by atoms with Crippen molar-refractivity contribution in [3.8, 4) is 11.8 Å². The lowest BCUT2D eigenvalue weighted by molar-refractivity contribution is -0.136. The fourth-order valence-corrected chi connectivity index (χ4v) is 3.75. The highest BCUT2D eigenvalue weighted by Gasteiger charge is 2.45. The van der Waals surface area contributed by atoms with Gasteiger partial charge in [-0.15, -0.1) is 0 Å². The number of azide groups is 1. The van der Waals surface area contributed by atoms with Crippen LogP contribution in [0.15, 0.2) is 23.3 Å². The number of unbranched alkanes of at least 4 members (excludes halogenated alkanes) is 5. The van der Waals surface area contributed by atoms with Crippen LogP contribution in [0.4, 0.5) is 0 Å². The van der Waals surface area contributed by atoms with Crippen molar-refractivity contribution < 1.29 is 19.2 Å². The van der Waals surface area contributed by atoms with Crippen LogP contribution in [0.2, 0.25) is 0 Å². The molecule has 1 atom stereocenters. The van der Waals surface area contributed by atoms with Crippen LogP contribution in [0.25, 0.3) is 10.4 Å². The molecule has 0 saturated carbocycles. The van der Waals surface area contributed by atoms with Crippen molar-refractivity contribution in [1.29, 1.82) is 0 Å². The standard InChI is InChI=1S/C22H23N5O4/c23-26-24-14-7-5-3-1-2-4-6-9-15-10-8-11-16-19(15)22(31)27(21(16)30)17-12-13-18(28)25-20(17)29/h8,10-11,17H,1-5,7,12-14H2,(H,25,28,29). The van der Waals surface area contributed by atoms with Gasteiger partial charge in [-0.25, -0.2) is 0 Å². The lowest BCUT2D eigenvalue weighted by Gasteiger charge is -2.27. The van der Waals surface area contributed by atoms with E-state index in [2.05, 4.69) is 27.2 Å². The molecule has 31 heavy (non-hydrogen) atoms. The van der Waals surface area contributed by atoms with Gasteiger partial charge in [-0.1, -0.05) is 42.3 Å². The summed E-state index contributed by atoms with van der Waals surface area (Å²) in [6, 6.07) is 3.94. The van der Waals surface area contributed by atoms with E-state index in [1.165, 1.54) is 0 Å². The van der Waals surface area contributed by atoms with Gasteiger partial charge in [-0.2, -0.15) is 0 Å². The van der Waals surface area contributed by atoms with Crippen molar-refractivity contribution in [3.05, 3.63) is 45.3 Å². The molecular weight excluding hydrogens is 398 g/mol. The molecule has 1 aromatic carbocycles. The van der Waals surface area contributed by atoms with Crippen LogP contribution in [0.5, 0.6) is 0 Å². The Labute approximate surface area is 179 Å². The molecule has 3 rings (SSSR count). The van der Waals surface area contributed by atoms with Gasteiger partial charge in [0.05, 0.1) is 11.1 Å². The number of fused-ring (bicyclic) bond motifs is 1. The quantitative estimate of drug-likeness (QED) is 0.172. The largest absolute Gasteiger partial charge is 0.295 e. The van der Waals surface area contributed by atoms with E-state index in [1.807, 2.05) is 0 Å². The van der Waals surface area contributed by atoms with E-state index in [0.29, 0.717) is 18.5 Å². The summed E-state index contributed by atoms with van der Waals surface area (Å²) in [5, 5.41) is 5.69. The maximum absolute atomic E-state index is 13.0. The minimum Gasteiger partial charge on any atom is -0.295 e. The summed E-state index contributed by atoms with van der Waals surface area (Å²) in [6.07, 6.45) is 5.73. The number of amides is 4. The highest BCUT2D eigenvalue weighted by molar-refractivity contribution is 6.24. The van der Waals surface area contributed by atoms with Gasteiger partial charge >= 0.3 is 0 Å². The van der Waals surface area contributed by atoms with Gasteiger partial charge in [0.2, 0.25) is 11.8 Å². The fourth-order valence-electron chi connectivity index (χ4n) is 3.75. The molecule has 1 fully saturated rings. The van der Waals surface area contributed by atoms with Crippen molar-refractivity contribution in [3.63, 3.8) is 0 Å². The Hall–Kier alpha value is -3.63. The molecule has 0 spiro atoms. The van der Waals surface area contributed by atoms with E-state index in [9.17, 15) is 19.2 Å². The molecule has 1 saturated heterocycles.